The molecule has 9 nitrogen and oxygen atoms in total. The molecule has 1 fully saturated rings. The number of likely N-dealkylation sites (tertiary alicyclic amines) is 1. The molecule has 1 aliphatic heterocycles. The van der Waals surface area contributed by atoms with Gasteiger partial charge in [-0.25, -0.2) is 0 Å². The van der Waals surface area contributed by atoms with Crippen LogP contribution in [0.4, 0.5) is 0 Å². The molecule has 0 aromatic carbocycles. The molecule has 140 valence electrons. The van der Waals surface area contributed by atoms with Crippen molar-refractivity contribution in [3.63, 3.8) is 0 Å². The Kier molecular flexibility index (Phi) is 7.34. The molecule has 10 heteroatoms. The van der Waals surface area contributed by atoms with Gasteiger partial charge in [-0.05, 0) is 25.0 Å². The van der Waals surface area contributed by atoms with E-state index in [1.54, 1.807) is 0 Å². The molecule has 2 rings (SSSR count). The molecule has 0 spiro atoms. The van der Waals surface area contributed by atoms with Crippen molar-refractivity contribution in [2.24, 2.45) is 0 Å². The smallest absolute Gasteiger partial charge is 0.270 e. The average molecular weight is 382 g/mol. The number of hydrazine groups is 1. The number of carbonyl (C=O) groups is 4. The van der Waals surface area contributed by atoms with Crippen LogP contribution in [-0.4, -0.2) is 53.1 Å². The van der Waals surface area contributed by atoms with Gasteiger partial charge >= 0.3 is 0 Å². The van der Waals surface area contributed by atoms with Crippen molar-refractivity contribution in [2.45, 2.75) is 25.7 Å². The Morgan fingerprint density at radius 1 is 1.15 bits per heavy atom. The lowest BCUT2D eigenvalue weighted by Gasteiger charge is -2.19. The van der Waals surface area contributed by atoms with E-state index in [1.807, 2.05) is 0 Å². The van der Waals surface area contributed by atoms with Gasteiger partial charge in [-0.1, -0.05) is 18.0 Å². The maximum Gasteiger partial charge on any atom is 0.270 e. The predicted molar refractivity (Wildman–Crippen MR) is 92.9 cm³/mol. The zero-order chi connectivity index (χ0) is 18.9. The monoisotopic (exact) mass is 381 g/mol. The molecule has 1 aromatic rings. The molecule has 26 heavy (non-hydrogen) atoms. The maximum absolute atomic E-state index is 11.8. The van der Waals surface area contributed by atoms with Crippen molar-refractivity contribution < 1.29 is 19.2 Å². The second-order valence-electron chi connectivity index (χ2n) is 5.76. The van der Waals surface area contributed by atoms with E-state index in [9.17, 15) is 19.2 Å². The number of halogens is 1. The number of amides is 4. The Balaban J connectivity index is 1.70. The number of pyridine rings is 1. The number of carbonyl (C=O) groups excluding carboxylic acids is 4. The largest absolute Gasteiger partial charge is 0.342 e. The maximum atomic E-state index is 11.8. The van der Waals surface area contributed by atoms with Gasteiger partial charge in [0.1, 0.15) is 12.2 Å². The fourth-order valence-corrected chi connectivity index (χ4v) is 2.54. The van der Waals surface area contributed by atoms with E-state index < -0.39 is 17.7 Å². The van der Waals surface area contributed by atoms with Crippen molar-refractivity contribution in [3.05, 3.63) is 29.0 Å². The summed E-state index contributed by atoms with van der Waals surface area (Å²) < 4.78 is 0. The summed E-state index contributed by atoms with van der Waals surface area (Å²) in [4.78, 5) is 52.5. The van der Waals surface area contributed by atoms with Gasteiger partial charge in [-0.15, -0.1) is 0 Å². The van der Waals surface area contributed by atoms with Gasteiger partial charge in [0.15, 0.2) is 0 Å². The Morgan fingerprint density at radius 2 is 1.92 bits per heavy atom. The third kappa shape index (κ3) is 6.32. The number of hydrogen-bond donors (Lipinski definition) is 3. The third-order valence-electron chi connectivity index (χ3n) is 3.71. The van der Waals surface area contributed by atoms with Gasteiger partial charge in [0.25, 0.3) is 17.7 Å². The lowest BCUT2D eigenvalue weighted by atomic mass is 10.2. The minimum absolute atomic E-state index is 0.0646. The molecule has 4 amide bonds. The van der Waals surface area contributed by atoms with Crippen LogP contribution >= 0.6 is 11.6 Å². The van der Waals surface area contributed by atoms with E-state index >= 15 is 0 Å². The van der Waals surface area contributed by atoms with Crippen molar-refractivity contribution in [2.75, 3.05) is 19.6 Å². The summed E-state index contributed by atoms with van der Waals surface area (Å²) in [6.45, 7) is 0.0662. The second-order valence-corrected chi connectivity index (χ2v) is 6.20. The molecular formula is C16H20ClN5O4. The average Bonchev–Trinajstić information content (AvgIpc) is 2.82. The van der Waals surface area contributed by atoms with E-state index in [-0.39, 0.29) is 24.7 Å². The number of rotatable bonds is 5. The highest BCUT2D eigenvalue weighted by molar-refractivity contribution is 6.30. The zero-order valence-corrected chi connectivity index (χ0v) is 14.8. The van der Waals surface area contributed by atoms with Crippen LogP contribution in [0.5, 0.6) is 0 Å². The number of hydrogen-bond acceptors (Lipinski definition) is 5. The second kappa shape index (κ2) is 9.71. The van der Waals surface area contributed by atoms with Crippen LogP contribution in [0, 0.1) is 0 Å². The summed E-state index contributed by atoms with van der Waals surface area (Å²) in [5.41, 5.74) is 4.48. The molecule has 1 aliphatic rings. The first-order valence-corrected chi connectivity index (χ1v) is 8.58. The first-order chi connectivity index (χ1) is 12.5. The summed E-state index contributed by atoms with van der Waals surface area (Å²) >= 11 is 5.76. The SMILES string of the molecule is O=C(CNC(=O)c1cc(Cl)ccn1)NNC(=O)CN1CCCCCC1=O. The van der Waals surface area contributed by atoms with E-state index in [0.717, 1.165) is 19.3 Å². The van der Waals surface area contributed by atoms with Crippen LogP contribution in [-0.2, 0) is 14.4 Å². The number of nitrogens with one attached hydrogen (secondary N) is 3. The van der Waals surface area contributed by atoms with Crippen LogP contribution in [0.2, 0.25) is 5.02 Å². The van der Waals surface area contributed by atoms with Gasteiger partial charge in [0.2, 0.25) is 5.91 Å². The quantitative estimate of drug-likeness (QED) is 0.621. The molecule has 2 heterocycles. The van der Waals surface area contributed by atoms with Gasteiger partial charge in [0.05, 0.1) is 6.54 Å². The summed E-state index contributed by atoms with van der Waals surface area (Å²) in [5, 5.41) is 2.71. The van der Waals surface area contributed by atoms with Crippen LogP contribution in [0.25, 0.3) is 0 Å². The summed E-state index contributed by atoms with van der Waals surface area (Å²) in [6, 6.07) is 2.89. The molecule has 0 unspecified atom stereocenters. The zero-order valence-electron chi connectivity index (χ0n) is 14.1. The van der Waals surface area contributed by atoms with Crippen LogP contribution in [0.3, 0.4) is 0 Å². The fourth-order valence-electron chi connectivity index (χ4n) is 2.38. The Labute approximate surface area is 155 Å². The highest BCUT2D eigenvalue weighted by Gasteiger charge is 2.19. The predicted octanol–water partition coefficient (Wildman–Crippen LogP) is 0.0148. The normalized spacial score (nSPS) is 14.3. The number of aromatic nitrogens is 1. The molecule has 0 saturated carbocycles. The highest BCUT2D eigenvalue weighted by Crippen LogP contribution is 2.10. The van der Waals surface area contributed by atoms with E-state index in [4.69, 9.17) is 11.6 Å². The fraction of sp³-hybridized carbons (Fsp3) is 0.438. The van der Waals surface area contributed by atoms with Gasteiger partial charge < -0.3 is 10.2 Å². The van der Waals surface area contributed by atoms with Crippen molar-refractivity contribution in [3.8, 4) is 0 Å². The molecule has 1 saturated heterocycles. The minimum Gasteiger partial charge on any atom is -0.342 e. The Morgan fingerprint density at radius 3 is 2.69 bits per heavy atom. The topological polar surface area (TPSA) is 120 Å². The van der Waals surface area contributed by atoms with Crippen LogP contribution in [0.1, 0.15) is 36.2 Å². The van der Waals surface area contributed by atoms with Crippen molar-refractivity contribution >= 4 is 35.2 Å². The molecule has 3 N–H and O–H groups in total. The van der Waals surface area contributed by atoms with Gasteiger partial charge in [0, 0.05) is 24.2 Å². The molecule has 0 atom stereocenters. The first kappa shape index (κ1) is 19.6. The minimum atomic E-state index is -0.615. The number of nitrogens with zero attached hydrogens (tertiary/aromatic N) is 2. The van der Waals surface area contributed by atoms with Crippen molar-refractivity contribution in [1.29, 1.82) is 0 Å². The lowest BCUT2D eigenvalue weighted by molar-refractivity contribution is -0.136. The van der Waals surface area contributed by atoms with E-state index in [1.165, 1.54) is 23.2 Å². The van der Waals surface area contributed by atoms with Gasteiger partial charge in [-0.2, -0.15) is 0 Å². The standard InChI is InChI=1S/C16H20ClN5O4/c17-11-5-6-18-12(8-11)16(26)19-9-13(23)20-21-14(24)10-22-7-3-1-2-4-15(22)25/h5-6,8H,1-4,7,9-10H2,(H,19,26)(H,20,23)(H,21,24). The summed E-state index contributed by atoms with van der Waals surface area (Å²) in [5.74, 6) is -1.75. The molecule has 1 aromatic heterocycles. The first-order valence-electron chi connectivity index (χ1n) is 8.21. The molecule has 0 radical (unpaired) electrons. The summed E-state index contributed by atoms with van der Waals surface area (Å²) in [6.07, 6.45) is 4.45. The van der Waals surface area contributed by atoms with Gasteiger partial charge in [-0.3, -0.25) is 35.0 Å². The Hall–Kier alpha value is -2.68. The van der Waals surface area contributed by atoms with E-state index in [2.05, 4.69) is 21.2 Å². The molecule has 0 aliphatic carbocycles. The summed E-state index contributed by atoms with van der Waals surface area (Å²) in [7, 11) is 0. The van der Waals surface area contributed by atoms with Crippen LogP contribution < -0.4 is 16.2 Å². The van der Waals surface area contributed by atoms with Crippen LogP contribution in [0.15, 0.2) is 18.3 Å². The van der Waals surface area contributed by atoms with E-state index in [0.29, 0.717) is 18.0 Å². The third-order valence-corrected chi connectivity index (χ3v) is 3.95. The lowest BCUT2D eigenvalue weighted by Crippen LogP contribution is -2.50. The molecular weight excluding hydrogens is 362 g/mol. The Bertz CT molecular complexity index is 697. The van der Waals surface area contributed by atoms with Crippen molar-refractivity contribution in [1.82, 2.24) is 26.1 Å². The molecule has 0 bridgehead atoms. The highest BCUT2D eigenvalue weighted by atomic mass is 35.5.